The maximum absolute atomic E-state index is 5.62. The van der Waals surface area contributed by atoms with Crippen molar-refractivity contribution in [3.63, 3.8) is 0 Å². The average Bonchev–Trinajstić information content (AvgIpc) is 2.79. The summed E-state index contributed by atoms with van der Waals surface area (Å²) in [6.07, 6.45) is 3.64. The highest BCUT2D eigenvalue weighted by atomic mass is 32.1. The van der Waals surface area contributed by atoms with Gasteiger partial charge in [0.1, 0.15) is 5.82 Å². The molecule has 0 spiro atoms. The van der Waals surface area contributed by atoms with Crippen LogP contribution in [-0.4, -0.2) is 13.9 Å². The van der Waals surface area contributed by atoms with Gasteiger partial charge in [-0.15, -0.1) is 0 Å². The summed E-state index contributed by atoms with van der Waals surface area (Å²) in [5, 5.41) is 0. The van der Waals surface area contributed by atoms with Crippen LogP contribution in [0.4, 0.5) is 0 Å². The molecule has 2 rings (SSSR count). The Morgan fingerprint density at radius 2 is 2.43 bits per heavy atom. The van der Waals surface area contributed by atoms with Gasteiger partial charge in [0, 0.05) is 23.8 Å². The zero-order valence-electron chi connectivity index (χ0n) is 7.97. The van der Waals surface area contributed by atoms with E-state index in [0.29, 0.717) is 6.54 Å². The third kappa shape index (κ3) is 1.69. The second-order valence-electron chi connectivity index (χ2n) is 3.07. The molecule has 2 aromatic rings. The van der Waals surface area contributed by atoms with Crippen LogP contribution in [0, 0.1) is 6.92 Å². The summed E-state index contributed by atoms with van der Waals surface area (Å²) in [5.74, 6) is 0.999. The number of hydrogen-bond acceptors (Lipinski definition) is 4. The number of rotatable bonds is 3. The Hall–Kier alpha value is -1.20. The Balaban J connectivity index is 2.27. The van der Waals surface area contributed by atoms with Crippen molar-refractivity contribution in [2.24, 2.45) is 5.73 Å². The lowest BCUT2D eigenvalue weighted by Gasteiger charge is -2.06. The van der Waals surface area contributed by atoms with Gasteiger partial charge in [-0.2, -0.15) is 0 Å². The van der Waals surface area contributed by atoms with E-state index in [1.54, 1.807) is 0 Å². The SMILES string of the molecule is Cc1ncc(CN)n1Cc1ccns1. The van der Waals surface area contributed by atoms with Crippen LogP contribution in [0.5, 0.6) is 0 Å². The van der Waals surface area contributed by atoms with Crippen LogP contribution in [0.25, 0.3) is 0 Å². The van der Waals surface area contributed by atoms with Crippen LogP contribution >= 0.6 is 11.5 Å². The van der Waals surface area contributed by atoms with Gasteiger partial charge in [0.25, 0.3) is 0 Å². The predicted molar refractivity (Wildman–Crippen MR) is 56.1 cm³/mol. The fourth-order valence-corrected chi connectivity index (χ4v) is 1.94. The smallest absolute Gasteiger partial charge is 0.106 e. The lowest BCUT2D eigenvalue weighted by atomic mass is 10.4. The lowest BCUT2D eigenvalue weighted by Crippen LogP contribution is -2.08. The van der Waals surface area contributed by atoms with E-state index in [0.717, 1.165) is 18.1 Å². The molecular weight excluding hydrogens is 196 g/mol. The minimum absolute atomic E-state index is 0.527. The number of hydrogen-bond donors (Lipinski definition) is 1. The van der Waals surface area contributed by atoms with E-state index in [-0.39, 0.29) is 0 Å². The number of imidazole rings is 1. The van der Waals surface area contributed by atoms with E-state index < -0.39 is 0 Å². The Morgan fingerprint density at radius 3 is 3.07 bits per heavy atom. The first-order valence-corrected chi connectivity index (χ1v) is 5.19. The molecule has 0 saturated carbocycles. The van der Waals surface area contributed by atoms with E-state index in [4.69, 9.17) is 5.73 Å². The van der Waals surface area contributed by atoms with Crippen molar-refractivity contribution in [2.45, 2.75) is 20.0 Å². The van der Waals surface area contributed by atoms with Crippen molar-refractivity contribution >= 4 is 11.5 Å². The Kier molecular flexibility index (Phi) is 2.60. The molecule has 0 amide bonds. The molecule has 74 valence electrons. The van der Waals surface area contributed by atoms with Gasteiger partial charge in [-0.25, -0.2) is 9.36 Å². The minimum atomic E-state index is 0.527. The first-order chi connectivity index (χ1) is 6.81. The van der Waals surface area contributed by atoms with Crippen LogP contribution in [0.2, 0.25) is 0 Å². The third-order valence-corrected chi connectivity index (χ3v) is 2.88. The van der Waals surface area contributed by atoms with E-state index in [1.807, 2.05) is 25.4 Å². The number of nitrogens with zero attached hydrogens (tertiary/aromatic N) is 3. The van der Waals surface area contributed by atoms with Crippen molar-refractivity contribution in [1.82, 2.24) is 13.9 Å². The first kappa shape index (κ1) is 9.36. The van der Waals surface area contributed by atoms with Crippen molar-refractivity contribution in [1.29, 1.82) is 0 Å². The highest BCUT2D eigenvalue weighted by Crippen LogP contribution is 2.11. The number of aromatic nitrogens is 3. The van der Waals surface area contributed by atoms with E-state index in [9.17, 15) is 0 Å². The summed E-state index contributed by atoms with van der Waals surface area (Å²) in [6, 6.07) is 2.02. The topological polar surface area (TPSA) is 56.7 Å². The van der Waals surface area contributed by atoms with Crippen molar-refractivity contribution in [3.8, 4) is 0 Å². The average molecular weight is 208 g/mol. The van der Waals surface area contributed by atoms with E-state index in [2.05, 4.69) is 13.9 Å². The molecule has 0 saturated heterocycles. The van der Waals surface area contributed by atoms with Crippen molar-refractivity contribution in [3.05, 3.63) is 34.9 Å². The normalized spacial score (nSPS) is 10.7. The van der Waals surface area contributed by atoms with E-state index >= 15 is 0 Å². The number of nitrogens with two attached hydrogens (primary N) is 1. The first-order valence-electron chi connectivity index (χ1n) is 4.42. The minimum Gasteiger partial charge on any atom is -0.326 e. The van der Waals surface area contributed by atoms with Crippen molar-refractivity contribution in [2.75, 3.05) is 0 Å². The fraction of sp³-hybridized carbons (Fsp3) is 0.333. The quantitative estimate of drug-likeness (QED) is 0.823. The Bertz CT molecular complexity index is 404. The summed E-state index contributed by atoms with van der Waals surface area (Å²) in [4.78, 5) is 5.46. The largest absolute Gasteiger partial charge is 0.326 e. The lowest BCUT2D eigenvalue weighted by molar-refractivity contribution is 0.721. The van der Waals surface area contributed by atoms with Crippen LogP contribution in [-0.2, 0) is 13.1 Å². The standard InChI is InChI=1S/C9H12N4S/c1-7-11-5-8(4-10)13(7)6-9-2-3-12-14-9/h2-3,5H,4,6,10H2,1H3. The zero-order chi connectivity index (χ0) is 9.97. The molecule has 0 unspecified atom stereocenters. The van der Waals surface area contributed by atoms with Gasteiger partial charge < -0.3 is 10.3 Å². The van der Waals surface area contributed by atoms with Crippen molar-refractivity contribution < 1.29 is 0 Å². The third-order valence-electron chi connectivity index (χ3n) is 2.15. The molecule has 0 aliphatic heterocycles. The Labute approximate surface area is 86.6 Å². The predicted octanol–water partition coefficient (Wildman–Crippen LogP) is 1.16. The summed E-state index contributed by atoms with van der Waals surface area (Å²) in [5.41, 5.74) is 6.69. The molecule has 2 heterocycles. The van der Waals surface area contributed by atoms with Crippen LogP contribution in [0.15, 0.2) is 18.5 Å². The van der Waals surface area contributed by atoms with Gasteiger partial charge in [-0.3, -0.25) is 0 Å². The summed E-state index contributed by atoms with van der Waals surface area (Å²) in [7, 11) is 0. The summed E-state index contributed by atoms with van der Waals surface area (Å²) < 4.78 is 6.18. The van der Waals surface area contributed by atoms with Gasteiger partial charge in [0.05, 0.1) is 12.2 Å². The summed E-state index contributed by atoms with van der Waals surface area (Å²) in [6.45, 7) is 3.34. The molecule has 0 aliphatic rings. The highest BCUT2D eigenvalue weighted by molar-refractivity contribution is 7.05. The highest BCUT2D eigenvalue weighted by Gasteiger charge is 2.06. The molecule has 14 heavy (non-hydrogen) atoms. The molecule has 0 radical (unpaired) electrons. The van der Waals surface area contributed by atoms with Gasteiger partial charge in [0.2, 0.25) is 0 Å². The monoisotopic (exact) mass is 208 g/mol. The van der Waals surface area contributed by atoms with Gasteiger partial charge in [-0.1, -0.05) is 0 Å². The van der Waals surface area contributed by atoms with Crippen LogP contribution in [0.1, 0.15) is 16.4 Å². The van der Waals surface area contributed by atoms with E-state index in [1.165, 1.54) is 16.4 Å². The molecule has 5 heteroatoms. The molecule has 0 fully saturated rings. The molecule has 2 N–H and O–H groups in total. The van der Waals surface area contributed by atoms with Crippen LogP contribution < -0.4 is 5.73 Å². The Morgan fingerprint density at radius 1 is 1.57 bits per heavy atom. The maximum Gasteiger partial charge on any atom is 0.106 e. The molecule has 0 aromatic carbocycles. The van der Waals surface area contributed by atoms with Gasteiger partial charge >= 0.3 is 0 Å². The zero-order valence-corrected chi connectivity index (χ0v) is 8.79. The van der Waals surface area contributed by atoms with Gasteiger partial charge in [-0.05, 0) is 24.5 Å². The second kappa shape index (κ2) is 3.89. The molecule has 4 nitrogen and oxygen atoms in total. The second-order valence-corrected chi connectivity index (χ2v) is 3.98. The fourth-order valence-electron chi connectivity index (χ4n) is 1.37. The molecular formula is C9H12N4S. The molecule has 0 bridgehead atoms. The van der Waals surface area contributed by atoms with Gasteiger partial charge in [0.15, 0.2) is 0 Å². The van der Waals surface area contributed by atoms with Crippen LogP contribution in [0.3, 0.4) is 0 Å². The molecule has 2 aromatic heterocycles. The molecule has 0 aliphatic carbocycles. The maximum atomic E-state index is 5.62. The summed E-state index contributed by atoms with van der Waals surface area (Å²) >= 11 is 1.51. The number of aryl methyl sites for hydroxylation is 1. The molecule has 0 atom stereocenters.